The molecule has 5 nitrogen and oxygen atoms in total. The fourth-order valence-corrected chi connectivity index (χ4v) is 4.85. The molecule has 1 aliphatic heterocycles. The molecule has 0 saturated carbocycles. The summed E-state index contributed by atoms with van der Waals surface area (Å²) in [4.78, 5) is 14.8. The summed E-state index contributed by atoms with van der Waals surface area (Å²) in [6, 6.07) is 6.50. The van der Waals surface area contributed by atoms with Gasteiger partial charge in [0.2, 0.25) is 10.0 Å². The minimum absolute atomic E-state index is 0.0681. The monoisotopic (exact) mass is 366 g/mol. The minimum Gasteiger partial charge on any atom is -0.339 e. The van der Waals surface area contributed by atoms with Crippen LogP contribution in [0, 0.1) is 5.92 Å². The number of amides is 1. The second-order valence-corrected chi connectivity index (χ2v) is 8.84. The van der Waals surface area contributed by atoms with Gasteiger partial charge in [-0.15, -0.1) is 0 Å². The molecule has 0 atom stereocenters. The van der Waals surface area contributed by atoms with Gasteiger partial charge in [0.05, 0.1) is 4.90 Å². The highest BCUT2D eigenvalue weighted by molar-refractivity contribution is 7.89. The van der Waals surface area contributed by atoms with E-state index in [1.54, 1.807) is 18.2 Å². The van der Waals surface area contributed by atoms with Crippen LogP contribution in [-0.2, 0) is 10.0 Å². The standard InChI is InChI=1S/C19H30N2O3S/c1-4-11-21(12-5-2)25(23,24)18-8-6-7-17(15-18)19(22)20-13-9-16(3)10-14-20/h6-8,15-16H,4-5,9-14H2,1-3H3. The Morgan fingerprint density at radius 3 is 2.32 bits per heavy atom. The van der Waals surface area contributed by atoms with Crippen LogP contribution >= 0.6 is 0 Å². The topological polar surface area (TPSA) is 57.7 Å². The van der Waals surface area contributed by atoms with Crippen LogP contribution in [0.5, 0.6) is 0 Å². The van der Waals surface area contributed by atoms with E-state index in [9.17, 15) is 13.2 Å². The van der Waals surface area contributed by atoms with Crippen LogP contribution in [0.25, 0.3) is 0 Å². The lowest BCUT2D eigenvalue weighted by atomic mass is 9.98. The molecule has 0 bridgehead atoms. The van der Waals surface area contributed by atoms with E-state index in [0.29, 0.717) is 24.6 Å². The minimum atomic E-state index is -3.56. The van der Waals surface area contributed by atoms with Crippen LogP contribution in [0.3, 0.4) is 0 Å². The quantitative estimate of drug-likeness (QED) is 0.743. The first-order chi connectivity index (χ1) is 11.9. The van der Waals surface area contributed by atoms with Crippen molar-refractivity contribution in [2.75, 3.05) is 26.2 Å². The number of hydrogen-bond donors (Lipinski definition) is 0. The second kappa shape index (κ2) is 8.81. The highest BCUT2D eigenvalue weighted by atomic mass is 32.2. The van der Waals surface area contributed by atoms with Gasteiger partial charge >= 0.3 is 0 Å². The van der Waals surface area contributed by atoms with Crippen molar-refractivity contribution < 1.29 is 13.2 Å². The van der Waals surface area contributed by atoms with Crippen molar-refractivity contribution in [3.63, 3.8) is 0 Å². The van der Waals surface area contributed by atoms with Gasteiger partial charge < -0.3 is 4.90 Å². The zero-order chi connectivity index (χ0) is 18.4. The van der Waals surface area contributed by atoms with Gasteiger partial charge in [0.15, 0.2) is 0 Å². The number of benzene rings is 1. The van der Waals surface area contributed by atoms with Crippen LogP contribution in [0.4, 0.5) is 0 Å². The van der Waals surface area contributed by atoms with Gasteiger partial charge in [-0.3, -0.25) is 4.79 Å². The third-order valence-corrected chi connectivity index (χ3v) is 6.63. The Hall–Kier alpha value is -1.40. The molecule has 1 aromatic rings. The Morgan fingerprint density at radius 1 is 1.16 bits per heavy atom. The lowest BCUT2D eigenvalue weighted by Gasteiger charge is -2.30. The van der Waals surface area contributed by atoms with Gasteiger partial charge in [-0.25, -0.2) is 8.42 Å². The van der Waals surface area contributed by atoms with Gasteiger partial charge in [0, 0.05) is 31.7 Å². The summed E-state index contributed by atoms with van der Waals surface area (Å²) < 4.78 is 27.3. The molecule has 0 N–H and O–H groups in total. The lowest BCUT2D eigenvalue weighted by Crippen LogP contribution is -2.38. The Kier molecular flexibility index (Phi) is 7.02. The van der Waals surface area contributed by atoms with E-state index in [4.69, 9.17) is 0 Å². The van der Waals surface area contributed by atoms with Gasteiger partial charge in [0.1, 0.15) is 0 Å². The molecule has 1 fully saturated rings. The van der Waals surface area contributed by atoms with E-state index in [1.165, 1.54) is 10.4 Å². The summed E-state index contributed by atoms with van der Waals surface area (Å²) >= 11 is 0. The number of sulfonamides is 1. The number of nitrogens with zero attached hydrogens (tertiary/aromatic N) is 2. The molecule has 0 unspecified atom stereocenters. The first kappa shape index (κ1) is 19.9. The highest BCUT2D eigenvalue weighted by Crippen LogP contribution is 2.21. The molecule has 6 heteroatoms. The maximum atomic E-state index is 12.9. The maximum absolute atomic E-state index is 12.9. The summed E-state index contributed by atoms with van der Waals surface area (Å²) in [5, 5.41) is 0. The van der Waals surface area contributed by atoms with Crippen molar-refractivity contribution in [1.29, 1.82) is 0 Å². The molecular formula is C19H30N2O3S. The molecule has 25 heavy (non-hydrogen) atoms. The highest BCUT2D eigenvalue weighted by Gasteiger charge is 2.26. The number of carbonyl (C=O) groups is 1. The van der Waals surface area contributed by atoms with E-state index in [2.05, 4.69) is 6.92 Å². The Balaban J connectivity index is 2.23. The van der Waals surface area contributed by atoms with Crippen LogP contribution in [0.2, 0.25) is 0 Å². The molecule has 1 heterocycles. The van der Waals surface area contributed by atoms with Crippen molar-refractivity contribution in [3.05, 3.63) is 29.8 Å². The van der Waals surface area contributed by atoms with E-state index >= 15 is 0 Å². The zero-order valence-electron chi connectivity index (χ0n) is 15.6. The normalized spacial score (nSPS) is 16.4. The van der Waals surface area contributed by atoms with Crippen molar-refractivity contribution in [1.82, 2.24) is 9.21 Å². The number of carbonyl (C=O) groups excluding carboxylic acids is 1. The predicted molar refractivity (Wildman–Crippen MR) is 100 cm³/mol. The van der Waals surface area contributed by atoms with E-state index in [0.717, 1.165) is 38.8 Å². The van der Waals surface area contributed by atoms with Gasteiger partial charge in [-0.1, -0.05) is 26.8 Å². The maximum Gasteiger partial charge on any atom is 0.253 e. The molecule has 1 aromatic carbocycles. The number of likely N-dealkylation sites (tertiary alicyclic amines) is 1. The second-order valence-electron chi connectivity index (χ2n) is 6.91. The Bertz CT molecular complexity index is 674. The fourth-order valence-electron chi connectivity index (χ4n) is 3.18. The van der Waals surface area contributed by atoms with Crippen molar-refractivity contribution in [2.24, 2.45) is 5.92 Å². The van der Waals surface area contributed by atoms with Crippen molar-refractivity contribution in [3.8, 4) is 0 Å². The molecule has 0 aromatic heterocycles. The Morgan fingerprint density at radius 2 is 1.76 bits per heavy atom. The van der Waals surface area contributed by atoms with Crippen molar-refractivity contribution >= 4 is 15.9 Å². The fraction of sp³-hybridized carbons (Fsp3) is 0.632. The summed E-state index contributed by atoms with van der Waals surface area (Å²) in [5.41, 5.74) is 0.462. The van der Waals surface area contributed by atoms with E-state index in [1.807, 2.05) is 18.7 Å². The predicted octanol–water partition coefficient (Wildman–Crippen LogP) is 3.37. The van der Waals surface area contributed by atoms with Crippen molar-refractivity contribution in [2.45, 2.75) is 51.3 Å². The van der Waals surface area contributed by atoms with Crippen LogP contribution in [-0.4, -0.2) is 49.7 Å². The molecule has 0 radical (unpaired) electrons. The largest absolute Gasteiger partial charge is 0.339 e. The summed E-state index contributed by atoms with van der Waals surface area (Å²) in [5.74, 6) is 0.578. The first-order valence-electron chi connectivity index (χ1n) is 9.29. The summed E-state index contributed by atoms with van der Waals surface area (Å²) in [7, 11) is -3.56. The van der Waals surface area contributed by atoms with Crippen LogP contribution in [0.15, 0.2) is 29.2 Å². The third kappa shape index (κ3) is 4.82. The molecule has 0 aliphatic carbocycles. The third-order valence-electron chi connectivity index (χ3n) is 4.74. The van der Waals surface area contributed by atoms with E-state index < -0.39 is 10.0 Å². The number of piperidine rings is 1. The Labute approximate surface area is 152 Å². The molecule has 1 saturated heterocycles. The van der Waals surface area contributed by atoms with Crippen LogP contribution < -0.4 is 0 Å². The van der Waals surface area contributed by atoms with Gasteiger partial charge in [0.25, 0.3) is 5.91 Å². The molecule has 2 rings (SSSR count). The van der Waals surface area contributed by atoms with Crippen LogP contribution in [0.1, 0.15) is 56.8 Å². The van der Waals surface area contributed by atoms with Gasteiger partial charge in [-0.05, 0) is 49.8 Å². The molecule has 1 aliphatic rings. The average Bonchev–Trinajstić information content (AvgIpc) is 2.61. The average molecular weight is 367 g/mol. The molecule has 0 spiro atoms. The first-order valence-corrected chi connectivity index (χ1v) is 10.7. The number of hydrogen-bond acceptors (Lipinski definition) is 3. The molecule has 140 valence electrons. The summed E-state index contributed by atoms with van der Waals surface area (Å²) in [6.45, 7) is 8.62. The molecule has 1 amide bonds. The molecular weight excluding hydrogens is 336 g/mol. The zero-order valence-corrected chi connectivity index (χ0v) is 16.4. The smallest absolute Gasteiger partial charge is 0.253 e. The SMILES string of the molecule is CCCN(CCC)S(=O)(=O)c1cccc(C(=O)N2CCC(C)CC2)c1. The van der Waals surface area contributed by atoms with Gasteiger partial charge in [-0.2, -0.15) is 4.31 Å². The van der Waals surface area contributed by atoms with E-state index in [-0.39, 0.29) is 10.8 Å². The summed E-state index contributed by atoms with van der Waals surface area (Å²) in [6.07, 6.45) is 3.54. The number of rotatable bonds is 7. The lowest BCUT2D eigenvalue weighted by molar-refractivity contribution is 0.0697.